The minimum Gasteiger partial charge on any atom is -0.429 e. The molecule has 0 bridgehead atoms. The molecule has 196 valence electrons. The van der Waals surface area contributed by atoms with Crippen LogP contribution in [-0.4, -0.2) is 56.9 Å². The fourth-order valence-corrected chi connectivity index (χ4v) is 6.32. The van der Waals surface area contributed by atoms with Crippen LogP contribution in [0.15, 0.2) is 54.0 Å². The molecule has 2 aromatic carbocycles. The number of aliphatic hydroxyl groups is 1. The van der Waals surface area contributed by atoms with Crippen molar-refractivity contribution in [1.82, 2.24) is 14.9 Å². The van der Waals surface area contributed by atoms with Crippen molar-refractivity contribution < 1.29 is 18.6 Å². The van der Waals surface area contributed by atoms with Crippen LogP contribution in [0.25, 0.3) is 20.8 Å². The van der Waals surface area contributed by atoms with Crippen LogP contribution in [0.1, 0.15) is 33.3 Å². The van der Waals surface area contributed by atoms with Crippen molar-refractivity contribution in [3.63, 3.8) is 0 Å². The summed E-state index contributed by atoms with van der Waals surface area (Å²) in [7, 11) is 0. The van der Waals surface area contributed by atoms with E-state index in [4.69, 9.17) is 9.72 Å². The summed E-state index contributed by atoms with van der Waals surface area (Å²) in [5, 5.41) is 13.4. The lowest BCUT2D eigenvalue weighted by molar-refractivity contribution is -0.275. The Labute approximate surface area is 223 Å². The van der Waals surface area contributed by atoms with E-state index >= 15 is 0 Å². The van der Waals surface area contributed by atoms with Crippen molar-refractivity contribution in [2.75, 3.05) is 18.0 Å². The fourth-order valence-electron chi connectivity index (χ4n) is 4.60. The van der Waals surface area contributed by atoms with Gasteiger partial charge in [0.2, 0.25) is 0 Å². The second kappa shape index (κ2) is 9.90. The van der Waals surface area contributed by atoms with E-state index in [1.54, 1.807) is 12.3 Å². The Bertz CT molecular complexity index is 1340. The van der Waals surface area contributed by atoms with Gasteiger partial charge < -0.3 is 14.7 Å². The smallest absolute Gasteiger partial charge is 0.426 e. The Hall–Kier alpha value is -2.66. The molecule has 1 aliphatic rings. The van der Waals surface area contributed by atoms with E-state index in [0.29, 0.717) is 10.2 Å². The summed E-state index contributed by atoms with van der Waals surface area (Å²) in [6, 6.07) is 14.2. The summed E-state index contributed by atoms with van der Waals surface area (Å²) in [5.74, 6) is -0.00464. The summed E-state index contributed by atoms with van der Waals surface area (Å²) in [6.07, 6.45) is -2.07. The molecule has 0 saturated carbocycles. The minimum atomic E-state index is -3.78. The fraction of sp³-hybridized carbons (Fsp3) is 0.407. The van der Waals surface area contributed by atoms with Gasteiger partial charge in [-0.2, -0.15) is 8.78 Å². The van der Waals surface area contributed by atoms with Crippen molar-refractivity contribution >= 4 is 38.0 Å². The zero-order valence-corrected chi connectivity index (χ0v) is 22.8. The predicted octanol–water partition coefficient (Wildman–Crippen LogP) is 6.26. The first-order valence-electron chi connectivity index (χ1n) is 12.2. The van der Waals surface area contributed by atoms with Crippen LogP contribution >= 0.6 is 22.7 Å². The zero-order valence-electron chi connectivity index (χ0n) is 21.2. The minimum absolute atomic E-state index is 0.00464. The van der Waals surface area contributed by atoms with Crippen molar-refractivity contribution in [2.24, 2.45) is 0 Å². The standard InChI is InChI=1S/C27H30F2N4O2S2/c1-17-14-32(15-18(2)33(17)16-19-8-6-5-7-9-19)25-31-22-20(24-30-12-13-36-24)10-11-21(23(22)37-25)35-27(28,29)26(3,4)34/h5-13,17-18,34H,14-16H2,1-4H3/t17-,18+. The van der Waals surface area contributed by atoms with Gasteiger partial charge in [-0.15, -0.1) is 11.3 Å². The number of piperazine rings is 1. The molecular weight excluding hydrogens is 514 g/mol. The molecule has 4 aromatic rings. The molecule has 37 heavy (non-hydrogen) atoms. The highest BCUT2D eigenvalue weighted by atomic mass is 32.1. The number of rotatable bonds is 7. The van der Waals surface area contributed by atoms with Crippen LogP contribution < -0.4 is 9.64 Å². The van der Waals surface area contributed by atoms with E-state index in [1.165, 1.54) is 34.3 Å². The van der Waals surface area contributed by atoms with Gasteiger partial charge in [-0.05, 0) is 45.4 Å². The van der Waals surface area contributed by atoms with E-state index in [9.17, 15) is 13.9 Å². The van der Waals surface area contributed by atoms with Crippen LogP contribution in [0.4, 0.5) is 13.9 Å². The molecule has 3 heterocycles. The summed E-state index contributed by atoms with van der Waals surface area (Å²) in [5.41, 5.74) is 0.277. The number of aromatic nitrogens is 2. The van der Waals surface area contributed by atoms with Gasteiger partial charge >= 0.3 is 6.11 Å². The number of anilines is 1. The van der Waals surface area contributed by atoms with E-state index in [0.717, 1.165) is 49.2 Å². The first kappa shape index (κ1) is 26.0. The largest absolute Gasteiger partial charge is 0.429 e. The summed E-state index contributed by atoms with van der Waals surface area (Å²) >= 11 is 2.80. The second-order valence-corrected chi connectivity index (χ2v) is 11.9. The molecule has 5 rings (SSSR count). The van der Waals surface area contributed by atoms with Gasteiger partial charge in [0.1, 0.15) is 10.8 Å². The van der Waals surface area contributed by atoms with E-state index in [1.807, 2.05) is 11.4 Å². The Morgan fingerprint density at radius 3 is 2.41 bits per heavy atom. The number of halogens is 2. The van der Waals surface area contributed by atoms with Gasteiger partial charge in [0.25, 0.3) is 0 Å². The van der Waals surface area contributed by atoms with Crippen LogP contribution in [0.3, 0.4) is 0 Å². The number of ether oxygens (including phenoxy) is 1. The number of alkyl halides is 2. The Morgan fingerprint density at radius 2 is 1.78 bits per heavy atom. The summed E-state index contributed by atoms with van der Waals surface area (Å²) in [4.78, 5) is 14.0. The average molecular weight is 545 g/mol. The van der Waals surface area contributed by atoms with Crippen molar-refractivity contribution in [1.29, 1.82) is 0 Å². The van der Waals surface area contributed by atoms with Gasteiger partial charge in [-0.3, -0.25) is 4.90 Å². The third kappa shape index (κ3) is 5.20. The number of hydrogen-bond donors (Lipinski definition) is 1. The van der Waals surface area contributed by atoms with Crippen LogP contribution in [-0.2, 0) is 6.54 Å². The van der Waals surface area contributed by atoms with E-state index in [-0.39, 0.29) is 17.8 Å². The molecule has 2 aromatic heterocycles. The maximum absolute atomic E-state index is 14.7. The lowest BCUT2D eigenvalue weighted by atomic mass is 10.1. The number of nitrogens with zero attached hydrogens (tertiary/aromatic N) is 4. The van der Waals surface area contributed by atoms with Crippen LogP contribution in [0.2, 0.25) is 0 Å². The Balaban J connectivity index is 1.48. The van der Waals surface area contributed by atoms with Crippen LogP contribution in [0.5, 0.6) is 5.75 Å². The zero-order chi connectivity index (χ0) is 26.4. The third-order valence-corrected chi connectivity index (χ3v) is 8.63. The molecule has 1 aliphatic heterocycles. The highest BCUT2D eigenvalue weighted by Gasteiger charge is 2.49. The Morgan fingerprint density at radius 1 is 1.08 bits per heavy atom. The predicted molar refractivity (Wildman–Crippen MR) is 146 cm³/mol. The molecule has 0 spiro atoms. The molecule has 1 fully saturated rings. The lowest BCUT2D eigenvalue weighted by Gasteiger charge is -2.44. The van der Waals surface area contributed by atoms with Crippen molar-refractivity contribution in [2.45, 2.75) is 58.0 Å². The molecule has 6 nitrogen and oxygen atoms in total. The van der Waals surface area contributed by atoms with E-state index < -0.39 is 11.7 Å². The first-order chi connectivity index (χ1) is 17.5. The molecule has 1 saturated heterocycles. The first-order valence-corrected chi connectivity index (χ1v) is 13.9. The molecule has 0 unspecified atom stereocenters. The summed E-state index contributed by atoms with van der Waals surface area (Å²) < 4.78 is 35.0. The molecule has 1 N–H and O–H groups in total. The van der Waals surface area contributed by atoms with Crippen molar-refractivity contribution in [3.8, 4) is 16.3 Å². The monoisotopic (exact) mass is 544 g/mol. The van der Waals surface area contributed by atoms with Gasteiger partial charge in [0.15, 0.2) is 10.7 Å². The molecule has 2 atom stereocenters. The third-order valence-electron chi connectivity index (χ3n) is 6.69. The number of benzene rings is 2. The number of hydrogen-bond acceptors (Lipinski definition) is 8. The molecule has 10 heteroatoms. The quantitative estimate of drug-likeness (QED) is 0.296. The lowest BCUT2D eigenvalue weighted by Crippen LogP contribution is -2.56. The summed E-state index contributed by atoms with van der Waals surface area (Å²) in [6.45, 7) is 8.87. The highest BCUT2D eigenvalue weighted by Crippen LogP contribution is 2.44. The normalized spacial score (nSPS) is 19.5. The SMILES string of the molecule is C[C@@H]1CN(c2nc3c(-c4nccs4)ccc(OC(F)(F)C(C)(C)O)c3s2)C[C@H](C)N1Cc1ccccc1. The molecule has 0 aliphatic carbocycles. The average Bonchev–Trinajstić information content (AvgIpc) is 3.52. The maximum atomic E-state index is 14.7. The number of thiazole rings is 2. The highest BCUT2D eigenvalue weighted by molar-refractivity contribution is 7.22. The van der Waals surface area contributed by atoms with Gasteiger partial charge in [-0.25, -0.2) is 9.97 Å². The maximum Gasteiger partial charge on any atom is 0.426 e. The van der Waals surface area contributed by atoms with Gasteiger partial charge in [0, 0.05) is 48.9 Å². The van der Waals surface area contributed by atoms with Gasteiger partial charge in [-0.1, -0.05) is 41.7 Å². The number of fused-ring (bicyclic) bond motifs is 1. The van der Waals surface area contributed by atoms with E-state index in [2.05, 4.69) is 52.9 Å². The van der Waals surface area contributed by atoms with Gasteiger partial charge in [0.05, 0.1) is 10.2 Å². The molecular formula is C27H30F2N4O2S2. The topological polar surface area (TPSA) is 61.7 Å². The van der Waals surface area contributed by atoms with Crippen LogP contribution in [0, 0.1) is 0 Å². The molecule has 0 radical (unpaired) electrons. The van der Waals surface area contributed by atoms with Crippen molar-refractivity contribution in [3.05, 3.63) is 59.6 Å². The second-order valence-electron chi connectivity index (χ2n) is 10.1. The molecule has 0 amide bonds. The Kier molecular flexibility index (Phi) is 6.95.